The molecule has 1 fully saturated rings. The summed E-state index contributed by atoms with van der Waals surface area (Å²) in [6, 6.07) is 1.55. The van der Waals surface area contributed by atoms with Crippen molar-refractivity contribution in [1.82, 2.24) is 10.5 Å². The first-order valence-electron chi connectivity index (χ1n) is 5.97. The van der Waals surface area contributed by atoms with Crippen molar-refractivity contribution in [3.8, 4) is 0 Å². The van der Waals surface area contributed by atoms with Crippen LogP contribution in [0.4, 0.5) is 0 Å². The number of rotatable bonds is 4. The van der Waals surface area contributed by atoms with Crippen molar-refractivity contribution in [2.45, 2.75) is 38.6 Å². The molecule has 0 aromatic carbocycles. The zero-order valence-electron chi connectivity index (χ0n) is 10.3. The third-order valence-electron chi connectivity index (χ3n) is 3.15. The first-order chi connectivity index (χ1) is 8.47. The molecule has 2 rings (SSSR count). The van der Waals surface area contributed by atoms with E-state index in [9.17, 15) is 9.59 Å². The number of carboxylic acid groups (broad SMARTS) is 1. The topological polar surface area (TPSA) is 92.4 Å². The zero-order valence-corrected chi connectivity index (χ0v) is 10.3. The van der Waals surface area contributed by atoms with Gasteiger partial charge in [-0.2, -0.15) is 0 Å². The third-order valence-corrected chi connectivity index (χ3v) is 3.15. The number of carbonyl (C=O) groups is 2. The highest BCUT2D eigenvalue weighted by Crippen LogP contribution is 2.27. The number of carbonyl (C=O) groups excluding carboxylic acids is 1. The number of hydrogen-bond acceptors (Lipinski definition) is 4. The minimum Gasteiger partial charge on any atom is -0.481 e. The van der Waals surface area contributed by atoms with Crippen LogP contribution in [0.1, 0.15) is 48.9 Å². The predicted octanol–water partition coefficient (Wildman–Crippen LogP) is 1.39. The van der Waals surface area contributed by atoms with Crippen LogP contribution < -0.4 is 5.32 Å². The first-order valence-corrected chi connectivity index (χ1v) is 5.97. The Morgan fingerprint density at radius 2 is 2.17 bits per heavy atom. The maximum Gasteiger partial charge on any atom is 0.306 e. The van der Waals surface area contributed by atoms with Crippen LogP contribution >= 0.6 is 0 Å². The van der Waals surface area contributed by atoms with Gasteiger partial charge in [0.15, 0.2) is 5.69 Å². The van der Waals surface area contributed by atoms with Gasteiger partial charge in [-0.15, -0.1) is 0 Å². The van der Waals surface area contributed by atoms with Gasteiger partial charge < -0.3 is 14.9 Å². The molecule has 1 aliphatic carbocycles. The van der Waals surface area contributed by atoms with Crippen molar-refractivity contribution in [1.29, 1.82) is 0 Å². The number of amides is 1. The highest BCUT2D eigenvalue weighted by atomic mass is 16.5. The molecule has 1 aromatic rings. The smallest absolute Gasteiger partial charge is 0.306 e. The van der Waals surface area contributed by atoms with Gasteiger partial charge in [0.25, 0.3) is 5.91 Å². The summed E-state index contributed by atoms with van der Waals surface area (Å²) in [6.07, 6.45) is 0.964. The quantitative estimate of drug-likeness (QED) is 0.844. The minimum absolute atomic E-state index is 0.0715. The van der Waals surface area contributed by atoms with Crippen LogP contribution in [0.2, 0.25) is 0 Å². The van der Waals surface area contributed by atoms with Crippen LogP contribution in [-0.4, -0.2) is 28.2 Å². The lowest BCUT2D eigenvalue weighted by Crippen LogP contribution is -2.46. The first kappa shape index (κ1) is 12.6. The number of hydrogen-bond donors (Lipinski definition) is 2. The zero-order chi connectivity index (χ0) is 13.3. The molecule has 0 bridgehead atoms. The monoisotopic (exact) mass is 252 g/mol. The Bertz CT molecular complexity index is 460. The molecule has 1 amide bonds. The van der Waals surface area contributed by atoms with E-state index in [0.29, 0.717) is 18.6 Å². The lowest BCUT2D eigenvalue weighted by molar-refractivity contribution is -0.145. The molecule has 1 saturated carbocycles. The summed E-state index contributed by atoms with van der Waals surface area (Å²) in [5, 5.41) is 15.2. The number of aliphatic carboxylic acids is 1. The minimum atomic E-state index is -0.802. The molecule has 18 heavy (non-hydrogen) atoms. The number of carboxylic acids is 1. The van der Waals surface area contributed by atoms with E-state index in [1.54, 1.807) is 6.07 Å². The second-order valence-corrected chi connectivity index (χ2v) is 4.95. The van der Waals surface area contributed by atoms with Gasteiger partial charge in [0, 0.05) is 18.0 Å². The van der Waals surface area contributed by atoms with Crippen LogP contribution in [0.15, 0.2) is 10.6 Å². The van der Waals surface area contributed by atoms with Crippen LogP contribution in [0, 0.1) is 5.92 Å². The normalized spacial score (nSPS) is 22.6. The third kappa shape index (κ3) is 2.52. The van der Waals surface area contributed by atoms with Gasteiger partial charge in [0.1, 0.15) is 5.76 Å². The van der Waals surface area contributed by atoms with E-state index < -0.39 is 5.97 Å². The van der Waals surface area contributed by atoms with Crippen molar-refractivity contribution >= 4 is 11.9 Å². The van der Waals surface area contributed by atoms with Crippen LogP contribution in [-0.2, 0) is 4.79 Å². The van der Waals surface area contributed by atoms with Gasteiger partial charge in [0.05, 0.1) is 5.92 Å². The molecule has 6 heteroatoms. The summed E-state index contributed by atoms with van der Waals surface area (Å²) in [5.74, 6) is -0.598. The van der Waals surface area contributed by atoms with E-state index >= 15 is 0 Å². The van der Waals surface area contributed by atoms with Crippen molar-refractivity contribution in [3.63, 3.8) is 0 Å². The summed E-state index contributed by atoms with van der Waals surface area (Å²) >= 11 is 0. The number of aromatic nitrogens is 1. The summed E-state index contributed by atoms with van der Waals surface area (Å²) < 4.78 is 5.03. The molecular weight excluding hydrogens is 236 g/mol. The molecule has 0 unspecified atom stereocenters. The second-order valence-electron chi connectivity index (χ2n) is 4.95. The molecule has 0 spiro atoms. The molecule has 1 aromatic heterocycles. The van der Waals surface area contributed by atoms with Crippen LogP contribution in [0.5, 0.6) is 0 Å². The van der Waals surface area contributed by atoms with Crippen molar-refractivity contribution < 1.29 is 19.2 Å². The van der Waals surface area contributed by atoms with E-state index in [4.69, 9.17) is 9.63 Å². The molecule has 0 atom stereocenters. The summed E-state index contributed by atoms with van der Waals surface area (Å²) in [5.41, 5.74) is 0.248. The van der Waals surface area contributed by atoms with Gasteiger partial charge in [-0.3, -0.25) is 9.59 Å². The van der Waals surface area contributed by atoms with Gasteiger partial charge in [-0.25, -0.2) is 0 Å². The second kappa shape index (κ2) is 4.80. The molecule has 6 nitrogen and oxygen atoms in total. The summed E-state index contributed by atoms with van der Waals surface area (Å²) in [4.78, 5) is 22.4. The van der Waals surface area contributed by atoms with Crippen LogP contribution in [0.25, 0.3) is 0 Å². The molecule has 1 heterocycles. The van der Waals surface area contributed by atoms with Crippen molar-refractivity contribution in [3.05, 3.63) is 17.5 Å². The molecule has 0 saturated heterocycles. The average Bonchev–Trinajstić information content (AvgIpc) is 2.70. The van der Waals surface area contributed by atoms with Gasteiger partial charge in [-0.05, 0) is 12.8 Å². The molecular formula is C12H16N2O4. The van der Waals surface area contributed by atoms with E-state index in [2.05, 4.69) is 10.5 Å². The highest BCUT2D eigenvalue weighted by molar-refractivity contribution is 5.92. The largest absolute Gasteiger partial charge is 0.481 e. The van der Waals surface area contributed by atoms with E-state index in [1.807, 2.05) is 13.8 Å². The Hall–Kier alpha value is -1.85. The van der Waals surface area contributed by atoms with Gasteiger partial charge in [-0.1, -0.05) is 19.0 Å². The Kier molecular flexibility index (Phi) is 3.36. The Balaban J connectivity index is 1.87. The maximum atomic E-state index is 11.8. The Morgan fingerprint density at radius 1 is 1.50 bits per heavy atom. The molecule has 2 N–H and O–H groups in total. The average molecular weight is 252 g/mol. The molecule has 1 aliphatic rings. The number of nitrogens with one attached hydrogen (secondary N) is 1. The molecule has 0 radical (unpaired) electrons. The lowest BCUT2D eigenvalue weighted by atomic mass is 9.80. The Labute approximate surface area is 104 Å². The van der Waals surface area contributed by atoms with E-state index in [1.165, 1.54) is 0 Å². The van der Waals surface area contributed by atoms with Crippen molar-refractivity contribution in [2.75, 3.05) is 0 Å². The highest BCUT2D eigenvalue weighted by Gasteiger charge is 2.35. The predicted molar refractivity (Wildman–Crippen MR) is 62.2 cm³/mol. The molecule has 0 aliphatic heterocycles. The summed E-state index contributed by atoms with van der Waals surface area (Å²) in [7, 11) is 0. The Morgan fingerprint density at radius 3 is 2.67 bits per heavy atom. The lowest BCUT2D eigenvalue weighted by Gasteiger charge is -2.32. The fourth-order valence-electron chi connectivity index (χ4n) is 1.87. The summed E-state index contributed by atoms with van der Waals surface area (Å²) in [6.45, 7) is 3.90. The van der Waals surface area contributed by atoms with E-state index in [-0.39, 0.29) is 29.5 Å². The van der Waals surface area contributed by atoms with Crippen LogP contribution in [0.3, 0.4) is 0 Å². The fourth-order valence-corrected chi connectivity index (χ4v) is 1.87. The fraction of sp³-hybridized carbons (Fsp3) is 0.583. The number of nitrogens with zero attached hydrogens (tertiary/aromatic N) is 1. The SMILES string of the molecule is CC(C)c1cc(C(=O)NC2CC(C(=O)O)C2)no1. The molecule has 98 valence electrons. The standard InChI is InChI=1S/C12H16N2O4/c1-6(2)10-5-9(14-18-10)11(15)13-8-3-7(4-8)12(16)17/h5-8H,3-4H2,1-2H3,(H,13,15)(H,16,17). The van der Waals surface area contributed by atoms with Gasteiger partial charge >= 0.3 is 5.97 Å². The maximum absolute atomic E-state index is 11.8. The van der Waals surface area contributed by atoms with E-state index in [0.717, 1.165) is 0 Å². The van der Waals surface area contributed by atoms with Gasteiger partial charge in [0.2, 0.25) is 0 Å². The van der Waals surface area contributed by atoms with Crippen molar-refractivity contribution in [2.24, 2.45) is 5.92 Å².